The molecule has 2 amide bonds. The van der Waals surface area contributed by atoms with E-state index in [1.807, 2.05) is 0 Å². The smallest absolute Gasteiger partial charge is 0.248 e. The zero-order valence-corrected chi connectivity index (χ0v) is 12.5. The van der Waals surface area contributed by atoms with Crippen molar-refractivity contribution < 1.29 is 9.59 Å². The van der Waals surface area contributed by atoms with Crippen LogP contribution in [0.15, 0.2) is 54.9 Å². The van der Waals surface area contributed by atoms with Crippen LogP contribution in [-0.2, 0) is 0 Å². The summed E-state index contributed by atoms with van der Waals surface area (Å²) in [6.45, 7) is 0. The van der Waals surface area contributed by atoms with Gasteiger partial charge in [0.25, 0.3) is 0 Å². The van der Waals surface area contributed by atoms with Crippen molar-refractivity contribution >= 4 is 11.8 Å². The van der Waals surface area contributed by atoms with E-state index in [1.165, 1.54) is 24.5 Å². The minimum atomic E-state index is -0.536. The minimum absolute atomic E-state index is 0.348. The number of hydrogen-bond donors (Lipinski definition) is 2. The quantitative estimate of drug-likeness (QED) is 0.752. The number of rotatable bonds is 4. The van der Waals surface area contributed by atoms with Crippen molar-refractivity contribution in [3.63, 3.8) is 0 Å². The predicted molar refractivity (Wildman–Crippen MR) is 87.7 cm³/mol. The molecular formula is C17H13N5O2. The van der Waals surface area contributed by atoms with Gasteiger partial charge in [0.2, 0.25) is 11.8 Å². The number of nitrogens with zero attached hydrogens (tertiary/aromatic N) is 3. The highest BCUT2D eigenvalue weighted by molar-refractivity contribution is 5.94. The molecule has 0 fully saturated rings. The van der Waals surface area contributed by atoms with E-state index >= 15 is 0 Å². The molecule has 0 radical (unpaired) electrons. The summed E-state index contributed by atoms with van der Waals surface area (Å²) < 4.78 is 0. The monoisotopic (exact) mass is 319 g/mol. The lowest BCUT2D eigenvalue weighted by Gasteiger charge is -2.05. The van der Waals surface area contributed by atoms with E-state index in [4.69, 9.17) is 11.5 Å². The van der Waals surface area contributed by atoms with Gasteiger partial charge in [0.05, 0.1) is 22.8 Å². The van der Waals surface area contributed by atoms with E-state index in [-0.39, 0.29) is 0 Å². The number of primary amides is 2. The summed E-state index contributed by atoms with van der Waals surface area (Å²) in [5, 5.41) is 0. The maximum absolute atomic E-state index is 11.3. The molecule has 0 atom stereocenters. The number of carbonyl (C=O) groups excluding carboxylic acids is 2. The summed E-state index contributed by atoms with van der Waals surface area (Å²) in [5.41, 5.74) is 13.4. The Bertz CT molecular complexity index is 867. The van der Waals surface area contributed by atoms with Crippen LogP contribution in [0.4, 0.5) is 0 Å². The first-order valence-electron chi connectivity index (χ1n) is 7.04. The van der Waals surface area contributed by atoms with Gasteiger partial charge in [-0.05, 0) is 36.4 Å². The summed E-state index contributed by atoms with van der Waals surface area (Å²) in [4.78, 5) is 35.5. The van der Waals surface area contributed by atoms with Gasteiger partial charge < -0.3 is 11.5 Å². The molecule has 3 aromatic heterocycles. The lowest BCUT2D eigenvalue weighted by molar-refractivity contribution is 0.0992. The molecule has 0 bridgehead atoms. The molecular weight excluding hydrogens is 306 g/mol. The lowest BCUT2D eigenvalue weighted by Crippen LogP contribution is -2.11. The Morgan fingerprint density at radius 2 is 1.17 bits per heavy atom. The number of nitrogens with two attached hydrogens (primary N) is 2. The molecule has 118 valence electrons. The van der Waals surface area contributed by atoms with Crippen LogP contribution < -0.4 is 11.5 Å². The maximum atomic E-state index is 11.3. The summed E-state index contributed by atoms with van der Waals surface area (Å²) >= 11 is 0. The Balaban J connectivity index is 2.04. The Morgan fingerprint density at radius 3 is 1.58 bits per heavy atom. The van der Waals surface area contributed by atoms with Crippen molar-refractivity contribution in [1.29, 1.82) is 0 Å². The van der Waals surface area contributed by atoms with E-state index in [0.29, 0.717) is 33.9 Å². The minimum Gasteiger partial charge on any atom is -0.366 e. The third-order valence-corrected chi connectivity index (χ3v) is 3.36. The zero-order valence-electron chi connectivity index (χ0n) is 12.5. The molecule has 0 saturated heterocycles. The van der Waals surface area contributed by atoms with Gasteiger partial charge in [-0.3, -0.25) is 19.6 Å². The van der Waals surface area contributed by atoms with Crippen LogP contribution >= 0.6 is 0 Å². The topological polar surface area (TPSA) is 125 Å². The third kappa shape index (κ3) is 3.09. The van der Waals surface area contributed by atoms with Crippen LogP contribution in [0.3, 0.4) is 0 Å². The van der Waals surface area contributed by atoms with Crippen molar-refractivity contribution in [1.82, 2.24) is 15.0 Å². The first kappa shape index (κ1) is 15.3. The summed E-state index contributed by atoms with van der Waals surface area (Å²) in [6.07, 6.45) is 2.99. The molecule has 0 aliphatic rings. The van der Waals surface area contributed by atoms with Gasteiger partial charge in [-0.1, -0.05) is 6.07 Å². The largest absolute Gasteiger partial charge is 0.366 e. The molecule has 7 heteroatoms. The number of pyridine rings is 3. The number of amides is 2. The average Bonchev–Trinajstić information content (AvgIpc) is 2.62. The first-order chi connectivity index (χ1) is 11.5. The van der Waals surface area contributed by atoms with Gasteiger partial charge in [-0.15, -0.1) is 0 Å². The number of carbonyl (C=O) groups is 2. The van der Waals surface area contributed by atoms with Gasteiger partial charge >= 0.3 is 0 Å². The van der Waals surface area contributed by atoms with Crippen LogP contribution in [0, 0.1) is 0 Å². The fraction of sp³-hybridized carbons (Fsp3) is 0. The van der Waals surface area contributed by atoms with Crippen molar-refractivity contribution in [3.8, 4) is 22.8 Å². The van der Waals surface area contributed by atoms with Crippen LogP contribution in [0.2, 0.25) is 0 Å². The Hall–Kier alpha value is -3.61. The van der Waals surface area contributed by atoms with Crippen LogP contribution in [0.1, 0.15) is 20.7 Å². The van der Waals surface area contributed by atoms with Gasteiger partial charge in [-0.2, -0.15) is 0 Å². The van der Waals surface area contributed by atoms with Crippen molar-refractivity contribution in [3.05, 3.63) is 66.0 Å². The van der Waals surface area contributed by atoms with E-state index in [0.717, 1.165) is 0 Å². The molecule has 7 nitrogen and oxygen atoms in total. The zero-order chi connectivity index (χ0) is 17.1. The standard InChI is InChI=1S/C17H13N5O2/c18-16(23)10-4-6-20-14(8-10)12-2-1-3-13(22-12)15-9-11(17(19)24)5-7-21-15/h1-9H,(H2,18,23)(H2,19,24). The average molecular weight is 319 g/mol. The second kappa shape index (κ2) is 6.25. The van der Waals surface area contributed by atoms with Crippen molar-refractivity contribution in [2.24, 2.45) is 11.5 Å². The highest BCUT2D eigenvalue weighted by atomic mass is 16.1. The van der Waals surface area contributed by atoms with E-state index in [9.17, 15) is 9.59 Å². The molecule has 0 aliphatic carbocycles. The number of hydrogen-bond acceptors (Lipinski definition) is 5. The highest BCUT2D eigenvalue weighted by Gasteiger charge is 2.09. The Labute approximate surface area is 137 Å². The summed E-state index contributed by atoms with van der Waals surface area (Å²) in [6, 6.07) is 11.5. The van der Waals surface area contributed by atoms with Crippen LogP contribution in [-0.4, -0.2) is 26.8 Å². The molecule has 3 rings (SSSR count). The Kier molecular flexibility index (Phi) is 3.98. The summed E-state index contributed by atoms with van der Waals surface area (Å²) in [5.74, 6) is -1.07. The molecule has 0 aromatic carbocycles. The molecule has 0 saturated carbocycles. The van der Waals surface area contributed by atoms with Gasteiger partial charge in [-0.25, -0.2) is 4.98 Å². The highest BCUT2D eigenvalue weighted by Crippen LogP contribution is 2.21. The van der Waals surface area contributed by atoms with Crippen molar-refractivity contribution in [2.75, 3.05) is 0 Å². The third-order valence-electron chi connectivity index (χ3n) is 3.36. The second-order valence-electron chi connectivity index (χ2n) is 5.00. The molecule has 4 N–H and O–H groups in total. The Morgan fingerprint density at radius 1 is 0.708 bits per heavy atom. The van der Waals surface area contributed by atoms with E-state index in [2.05, 4.69) is 15.0 Å². The SMILES string of the molecule is NC(=O)c1ccnc(-c2cccc(-c3cc(C(N)=O)ccn3)n2)c1. The normalized spacial score (nSPS) is 10.3. The van der Waals surface area contributed by atoms with Gasteiger partial charge in [0.15, 0.2) is 0 Å². The molecule has 0 spiro atoms. The van der Waals surface area contributed by atoms with E-state index < -0.39 is 11.8 Å². The molecule has 0 aliphatic heterocycles. The van der Waals surface area contributed by atoms with Crippen molar-refractivity contribution in [2.45, 2.75) is 0 Å². The lowest BCUT2D eigenvalue weighted by atomic mass is 10.1. The van der Waals surface area contributed by atoms with E-state index in [1.54, 1.807) is 30.3 Å². The van der Waals surface area contributed by atoms with Crippen LogP contribution in [0.25, 0.3) is 22.8 Å². The second-order valence-corrected chi connectivity index (χ2v) is 5.00. The predicted octanol–water partition coefficient (Wildman–Crippen LogP) is 1.40. The molecule has 3 heterocycles. The molecule has 0 unspecified atom stereocenters. The fourth-order valence-electron chi connectivity index (χ4n) is 2.17. The first-order valence-corrected chi connectivity index (χ1v) is 7.04. The van der Waals surface area contributed by atoms with Gasteiger partial charge in [0.1, 0.15) is 0 Å². The fourth-order valence-corrected chi connectivity index (χ4v) is 2.17. The maximum Gasteiger partial charge on any atom is 0.248 e. The van der Waals surface area contributed by atoms with Crippen LogP contribution in [0.5, 0.6) is 0 Å². The van der Waals surface area contributed by atoms with Gasteiger partial charge in [0, 0.05) is 23.5 Å². The molecule has 3 aromatic rings. The summed E-state index contributed by atoms with van der Waals surface area (Å²) in [7, 11) is 0. The number of aromatic nitrogens is 3. The molecule has 24 heavy (non-hydrogen) atoms.